The Morgan fingerprint density at radius 2 is 2.60 bits per heavy atom. The van der Waals surface area contributed by atoms with Crippen molar-refractivity contribution < 1.29 is 4.79 Å². The zero-order valence-corrected chi connectivity index (χ0v) is 7.56. The number of hydrogen-bond acceptors (Lipinski definition) is 3. The summed E-state index contributed by atoms with van der Waals surface area (Å²) in [5.74, 6) is 1.27. The molecule has 1 unspecified atom stereocenters. The van der Waals surface area contributed by atoms with Crippen LogP contribution in [0, 0.1) is 0 Å². The van der Waals surface area contributed by atoms with Crippen molar-refractivity contribution in [1.82, 2.24) is 5.32 Å². The van der Waals surface area contributed by atoms with Crippen LogP contribution in [0.4, 0.5) is 0 Å². The highest BCUT2D eigenvalue weighted by atomic mass is 32.2. The smallest absolute Gasteiger partial charge is 0.216 e. The van der Waals surface area contributed by atoms with Gasteiger partial charge in [0.2, 0.25) is 5.91 Å². The zero-order chi connectivity index (χ0) is 7.40. The molecular formula is C6H11NOS2. The zero-order valence-electron chi connectivity index (χ0n) is 5.92. The molecule has 4 heteroatoms. The molecule has 1 amide bonds. The van der Waals surface area contributed by atoms with Gasteiger partial charge in [-0.05, 0) is 0 Å². The Morgan fingerprint density at radius 1 is 1.80 bits per heavy atom. The molecule has 1 fully saturated rings. The van der Waals surface area contributed by atoms with Crippen molar-refractivity contribution in [2.45, 2.75) is 12.2 Å². The first-order valence-corrected chi connectivity index (χ1v) is 5.43. The van der Waals surface area contributed by atoms with Crippen LogP contribution < -0.4 is 5.32 Å². The van der Waals surface area contributed by atoms with Gasteiger partial charge in [0, 0.05) is 29.6 Å². The Morgan fingerprint density at radius 3 is 3.10 bits per heavy atom. The van der Waals surface area contributed by atoms with Crippen LogP contribution in [0.25, 0.3) is 0 Å². The molecule has 0 aromatic rings. The SMILES string of the molecule is CC(=O)NCC1CSCS1. The second kappa shape index (κ2) is 4.13. The summed E-state index contributed by atoms with van der Waals surface area (Å²) in [5.41, 5.74) is 0. The minimum Gasteiger partial charge on any atom is -0.355 e. The Kier molecular flexibility index (Phi) is 3.42. The van der Waals surface area contributed by atoms with Gasteiger partial charge in [-0.2, -0.15) is 0 Å². The van der Waals surface area contributed by atoms with E-state index in [2.05, 4.69) is 5.32 Å². The van der Waals surface area contributed by atoms with E-state index in [1.165, 1.54) is 10.8 Å². The Hall–Kier alpha value is 0.170. The molecule has 58 valence electrons. The van der Waals surface area contributed by atoms with Crippen LogP contribution in [0.15, 0.2) is 0 Å². The van der Waals surface area contributed by atoms with E-state index in [0.717, 1.165) is 6.54 Å². The molecule has 0 radical (unpaired) electrons. The molecule has 1 heterocycles. The quantitative estimate of drug-likeness (QED) is 0.680. The highest BCUT2D eigenvalue weighted by Crippen LogP contribution is 2.28. The monoisotopic (exact) mass is 177 g/mol. The molecule has 1 aliphatic heterocycles. The molecule has 0 aliphatic carbocycles. The van der Waals surface area contributed by atoms with Crippen molar-refractivity contribution in [3.63, 3.8) is 0 Å². The highest BCUT2D eigenvalue weighted by molar-refractivity contribution is 8.19. The lowest BCUT2D eigenvalue weighted by Gasteiger charge is -2.06. The van der Waals surface area contributed by atoms with Crippen LogP contribution in [0.3, 0.4) is 0 Å². The van der Waals surface area contributed by atoms with Crippen molar-refractivity contribution >= 4 is 29.4 Å². The van der Waals surface area contributed by atoms with E-state index in [1.54, 1.807) is 6.92 Å². The van der Waals surface area contributed by atoms with Crippen molar-refractivity contribution in [2.24, 2.45) is 0 Å². The van der Waals surface area contributed by atoms with E-state index in [0.29, 0.717) is 5.25 Å². The number of rotatable bonds is 2. The van der Waals surface area contributed by atoms with Crippen LogP contribution in [-0.4, -0.2) is 28.5 Å². The van der Waals surface area contributed by atoms with Crippen LogP contribution in [-0.2, 0) is 4.79 Å². The fourth-order valence-corrected chi connectivity index (χ4v) is 3.54. The summed E-state index contributed by atoms with van der Waals surface area (Å²) in [6.07, 6.45) is 0. The molecular weight excluding hydrogens is 166 g/mol. The average Bonchev–Trinajstić information content (AvgIpc) is 2.34. The molecule has 0 saturated carbocycles. The number of amides is 1. The van der Waals surface area contributed by atoms with Gasteiger partial charge in [-0.15, -0.1) is 23.5 Å². The number of carbonyl (C=O) groups is 1. The fourth-order valence-electron chi connectivity index (χ4n) is 0.747. The van der Waals surface area contributed by atoms with Gasteiger partial charge >= 0.3 is 0 Å². The van der Waals surface area contributed by atoms with Gasteiger partial charge in [-0.25, -0.2) is 0 Å². The van der Waals surface area contributed by atoms with Gasteiger partial charge < -0.3 is 5.32 Å². The maximum atomic E-state index is 10.5. The van der Waals surface area contributed by atoms with Gasteiger partial charge in [0.05, 0.1) is 0 Å². The number of hydrogen-bond donors (Lipinski definition) is 1. The van der Waals surface area contributed by atoms with E-state index >= 15 is 0 Å². The van der Waals surface area contributed by atoms with Gasteiger partial charge in [-0.1, -0.05) is 0 Å². The standard InChI is InChI=1S/C6H11NOS2/c1-5(8)7-2-6-3-9-4-10-6/h6H,2-4H2,1H3,(H,7,8). The Bertz CT molecular complexity index is 123. The first-order chi connectivity index (χ1) is 4.79. The van der Waals surface area contributed by atoms with Gasteiger partial charge in [-0.3, -0.25) is 4.79 Å². The van der Waals surface area contributed by atoms with E-state index < -0.39 is 0 Å². The predicted octanol–water partition coefficient (Wildman–Crippen LogP) is 0.929. The lowest BCUT2D eigenvalue weighted by atomic mass is 10.4. The van der Waals surface area contributed by atoms with E-state index in [9.17, 15) is 4.79 Å². The van der Waals surface area contributed by atoms with Crippen molar-refractivity contribution in [3.05, 3.63) is 0 Å². The van der Waals surface area contributed by atoms with Crippen LogP contribution in [0.2, 0.25) is 0 Å². The third kappa shape index (κ3) is 2.84. The number of carbonyl (C=O) groups excluding carboxylic acids is 1. The molecule has 1 saturated heterocycles. The summed E-state index contributed by atoms with van der Waals surface area (Å²) in [6, 6.07) is 0. The summed E-state index contributed by atoms with van der Waals surface area (Å²) < 4.78 is 0. The Labute approximate surface area is 69.5 Å². The summed E-state index contributed by atoms with van der Waals surface area (Å²) in [5, 5.41) is 4.65. The molecule has 0 aromatic carbocycles. The average molecular weight is 177 g/mol. The molecule has 0 aromatic heterocycles. The van der Waals surface area contributed by atoms with Gasteiger partial charge in [0.1, 0.15) is 0 Å². The van der Waals surface area contributed by atoms with E-state index in [4.69, 9.17) is 0 Å². The molecule has 1 atom stereocenters. The van der Waals surface area contributed by atoms with Crippen molar-refractivity contribution in [3.8, 4) is 0 Å². The maximum Gasteiger partial charge on any atom is 0.216 e. The minimum absolute atomic E-state index is 0.0810. The lowest BCUT2D eigenvalue weighted by molar-refractivity contribution is -0.118. The molecule has 0 spiro atoms. The summed E-state index contributed by atoms with van der Waals surface area (Å²) in [4.78, 5) is 10.5. The fraction of sp³-hybridized carbons (Fsp3) is 0.833. The lowest BCUT2D eigenvalue weighted by Crippen LogP contribution is -2.28. The molecule has 10 heavy (non-hydrogen) atoms. The van der Waals surface area contributed by atoms with Crippen molar-refractivity contribution in [2.75, 3.05) is 17.4 Å². The Balaban J connectivity index is 2.07. The third-order valence-corrected chi connectivity index (χ3v) is 4.13. The first kappa shape index (κ1) is 8.27. The maximum absolute atomic E-state index is 10.5. The topological polar surface area (TPSA) is 29.1 Å². The predicted molar refractivity (Wildman–Crippen MR) is 47.4 cm³/mol. The molecule has 2 nitrogen and oxygen atoms in total. The van der Waals surface area contributed by atoms with E-state index in [-0.39, 0.29) is 5.91 Å². The second-order valence-corrected chi connectivity index (χ2v) is 4.90. The van der Waals surface area contributed by atoms with Crippen molar-refractivity contribution in [1.29, 1.82) is 0 Å². The molecule has 1 rings (SSSR count). The molecule has 1 aliphatic rings. The number of nitrogens with one attached hydrogen (secondary N) is 1. The molecule has 1 N–H and O–H groups in total. The first-order valence-electron chi connectivity index (χ1n) is 3.23. The normalized spacial score (nSPS) is 24.7. The molecule has 0 bridgehead atoms. The van der Waals surface area contributed by atoms with Crippen LogP contribution in [0.1, 0.15) is 6.92 Å². The summed E-state index contributed by atoms with van der Waals surface area (Å²) in [7, 11) is 0. The third-order valence-electron chi connectivity index (χ3n) is 1.27. The number of thioether (sulfide) groups is 2. The van der Waals surface area contributed by atoms with Crippen LogP contribution in [0.5, 0.6) is 0 Å². The summed E-state index contributed by atoms with van der Waals surface area (Å²) >= 11 is 3.88. The minimum atomic E-state index is 0.0810. The van der Waals surface area contributed by atoms with E-state index in [1.807, 2.05) is 23.5 Å². The second-order valence-electron chi connectivity index (χ2n) is 2.21. The van der Waals surface area contributed by atoms with Crippen LogP contribution >= 0.6 is 23.5 Å². The summed E-state index contributed by atoms with van der Waals surface area (Å²) in [6.45, 7) is 2.40. The van der Waals surface area contributed by atoms with Gasteiger partial charge in [0.25, 0.3) is 0 Å². The highest BCUT2D eigenvalue weighted by Gasteiger charge is 2.15. The largest absolute Gasteiger partial charge is 0.355 e. The van der Waals surface area contributed by atoms with Gasteiger partial charge in [0.15, 0.2) is 0 Å².